The van der Waals surface area contributed by atoms with Crippen molar-refractivity contribution in [2.24, 2.45) is 0 Å². The van der Waals surface area contributed by atoms with Gasteiger partial charge in [0.25, 0.3) is 0 Å². The van der Waals surface area contributed by atoms with Crippen molar-refractivity contribution in [3.05, 3.63) is 29.0 Å². The van der Waals surface area contributed by atoms with Crippen molar-refractivity contribution in [3.8, 4) is 0 Å². The first-order valence-electron chi connectivity index (χ1n) is 7.19. The zero-order valence-corrected chi connectivity index (χ0v) is 12.8. The highest BCUT2D eigenvalue weighted by atomic mass is 16.6. The molecule has 8 heteroatoms. The number of aryl methyl sites for hydroxylation is 2. The molecule has 2 aromatic rings. The lowest BCUT2D eigenvalue weighted by molar-refractivity contribution is -0.136. The van der Waals surface area contributed by atoms with Crippen LogP contribution in [0.5, 0.6) is 0 Å². The second kappa shape index (κ2) is 5.70. The van der Waals surface area contributed by atoms with Crippen molar-refractivity contribution in [1.82, 2.24) is 25.2 Å². The number of nitrogens with zero attached hydrogens (tertiary/aromatic N) is 5. The van der Waals surface area contributed by atoms with Gasteiger partial charge in [-0.1, -0.05) is 10.3 Å². The van der Waals surface area contributed by atoms with Crippen LogP contribution in [0.25, 0.3) is 0 Å². The lowest BCUT2D eigenvalue weighted by Crippen LogP contribution is -2.44. The summed E-state index contributed by atoms with van der Waals surface area (Å²) in [5.41, 5.74) is 2.36. The molecule has 0 aromatic carbocycles. The summed E-state index contributed by atoms with van der Waals surface area (Å²) in [5.74, 6) is 1.46. The van der Waals surface area contributed by atoms with Crippen LogP contribution in [0, 0.1) is 13.8 Å². The molecule has 1 N–H and O–H groups in total. The predicted molar refractivity (Wildman–Crippen MR) is 77.9 cm³/mol. The van der Waals surface area contributed by atoms with E-state index in [4.69, 9.17) is 0 Å². The van der Waals surface area contributed by atoms with Crippen LogP contribution in [0.2, 0.25) is 0 Å². The molecular weight excluding hydrogens is 284 g/mol. The van der Waals surface area contributed by atoms with Gasteiger partial charge in [-0.2, -0.15) is 0 Å². The van der Waals surface area contributed by atoms with E-state index in [-0.39, 0.29) is 11.9 Å². The largest absolute Gasteiger partial charge is 0.364 e. The zero-order chi connectivity index (χ0) is 15.7. The summed E-state index contributed by atoms with van der Waals surface area (Å²) < 4.78 is 4.67. The third-order valence-electron chi connectivity index (χ3n) is 3.81. The zero-order valence-electron chi connectivity index (χ0n) is 12.8. The first-order chi connectivity index (χ1) is 10.5. The van der Waals surface area contributed by atoms with Gasteiger partial charge in [0.2, 0.25) is 5.91 Å². The fourth-order valence-corrected chi connectivity index (χ4v) is 2.51. The predicted octanol–water partition coefficient (Wildman–Crippen LogP) is 1.38. The monoisotopic (exact) mass is 302 g/mol. The second-order valence-electron chi connectivity index (χ2n) is 5.39. The van der Waals surface area contributed by atoms with Gasteiger partial charge >= 0.3 is 0 Å². The molecule has 0 bridgehead atoms. The number of hydrogen-bond acceptors (Lipinski definition) is 7. The molecule has 22 heavy (non-hydrogen) atoms. The van der Waals surface area contributed by atoms with Gasteiger partial charge in [-0.3, -0.25) is 4.79 Å². The van der Waals surface area contributed by atoms with Gasteiger partial charge in [0.1, 0.15) is 23.0 Å². The van der Waals surface area contributed by atoms with E-state index in [0.29, 0.717) is 18.2 Å². The highest BCUT2D eigenvalue weighted by Crippen LogP contribution is 2.32. The average molecular weight is 302 g/mol. The molecule has 1 atom stereocenters. The number of aromatic nitrogens is 4. The van der Waals surface area contributed by atoms with Crippen molar-refractivity contribution < 1.29 is 9.42 Å². The van der Waals surface area contributed by atoms with Crippen molar-refractivity contribution in [2.45, 2.75) is 39.8 Å². The minimum absolute atomic E-state index is 0.0511. The molecule has 116 valence electrons. The summed E-state index contributed by atoms with van der Waals surface area (Å²) in [6.45, 7) is 6.53. The molecular formula is C14H18N6O2. The van der Waals surface area contributed by atoms with Crippen molar-refractivity contribution in [1.29, 1.82) is 0 Å². The Balaban J connectivity index is 1.75. The number of likely N-dealkylation sites (tertiary alicyclic amines) is 1. The van der Waals surface area contributed by atoms with E-state index in [1.54, 1.807) is 6.92 Å². The van der Waals surface area contributed by atoms with Crippen LogP contribution in [0.1, 0.15) is 42.3 Å². The van der Waals surface area contributed by atoms with Crippen LogP contribution in [0.4, 0.5) is 5.82 Å². The molecule has 1 saturated heterocycles. The second-order valence-corrected chi connectivity index (χ2v) is 5.39. The lowest BCUT2D eigenvalue weighted by atomic mass is 9.99. The minimum atomic E-state index is 0.0511. The summed E-state index contributed by atoms with van der Waals surface area (Å²) in [6, 6.07) is 1.94. The topological polar surface area (TPSA) is 97.0 Å². The summed E-state index contributed by atoms with van der Waals surface area (Å²) in [5, 5.41) is 10.8. The molecule has 3 heterocycles. The van der Waals surface area contributed by atoms with Crippen molar-refractivity contribution >= 4 is 11.7 Å². The fourth-order valence-electron chi connectivity index (χ4n) is 2.51. The Morgan fingerprint density at radius 1 is 1.41 bits per heavy atom. The normalized spacial score (nSPS) is 17.2. The maximum atomic E-state index is 11.5. The van der Waals surface area contributed by atoms with Crippen molar-refractivity contribution in [3.63, 3.8) is 0 Å². The minimum Gasteiger partial charge on any atom is -0.364 e. The number of carbonyl (C=O) groups excluding carboxylic acids is 1. The Morgan fingerprint density at radius 3 is 2.82 bits per heavy atom. The van der Waals surface area contributed by atoms with Gasteiger partial charge < -0.3 is 10.2 Å². The van der Waals surface area contributed by atoms with Crippen LogP contribution in [0.15, 0.2) is 10.7 Å². The average Bonchev–Trinajstić information content (AvgIpc) is 2.79. The van der Waals surface area contributed by atoms with Crippen molar-refractivity contribution in [2.75, 3.05) is 11.9 Å². The summed E-state index contributed by atoms with van der Waals surface area (Å²) >= 11 is 0. The number of hydrogen-bond donors (Lipinski definition) is 1. The molecule has 8 nitrogen and oxygen atoms in total. The molecule has 0 radical (unpaired) electrons. The van der Waals surface area contributed by atoms with Crippen LogP contribution < -0.4 is 5.32 Å². The van der Waals surface area contributed by atoms with Crippen LogP contribution in [-0.2, 0) is 11.3 Å². The van der Waals surface area contributed by atoms with E-state index in [0.717, 1.165) is 30.0 Å². The van der Waals surface area contributed by atoms with Gasteiger partial charge in [-0.05, 0) is 20.3 Å². The molecule has 1 amide bonds. The fraction of sp³-hybridized carbons (Fsp3) is 0.500. The molecule has 2 aromatic heterocycles. The molecule has 0 saturated carbocycles. The van der Waals surface area contributed by atoms with Crippen LogP contribution >= 0.6 is 0 Å². The highest BCUT2D eigenvalue weighted by molar-refractivity contribution is 5.74. The number of nitrogens with one attached hydrogen (secondary N) is 1. The Hall–Kier alpha value is -2.51. The first kappa shape index (κ1) is 14.4. The summed E-state index contributed by atoms with van der Waals surface area (Å²) in [4.78, 5) is 22.2. The smallest absolute Gasteiger partial charge is 0.220 e. The van der Waals surface area contributed by atoms with E-state index >= 15 is 0 Å². The maximum Gasteiger partial charge on any atom is 0.220 e. The van der Waals surface area contributed by atoms with E-state index < -0.39 is 0 Å². The van der Waals surface area contributed by atoms with Gasteiger partial charge in [0.05, 0.1) is 18.3 Å². The van der Waals surface area contributed by atoms with Crippen LogP contribution in [0.3, 0.4) is 0 Å². The van der Waals surface area contributed by atoms with Gasteiger partial charge in [0, 0.05) is 19.5 Å². The molecule has 0 spiro atoms. The first-order valence-corrected chi connectivity index (χ1v) is 7.19. The Labute approximate surface area is 127 Å². The highest BCUT2D eigenvalue weighted by Gasteiger charge is 2.32. The number of anilines is 1. The quantitative estimate of drug-likeness (QED) is 0.911. The Morgan fingerprint density at radius 2 is 2.23 bits per heavy atom. The van der Waals surface area contributed by atoms with E-state index in [2.05, 4.69) is 30.2 Å². The van der Waals surface area contributed by atoms with E-state index in [1.165, 1.54) is 0 Å². The van der Waals surface area contributed by atoms with Gasteiger partial charge in [-0.15, -0.1) is 0 Å². The molecule has 0 aliphatic carbocycles. The summed E-state index contributed by atoms with van der Waals surface area (Å²) in [6.07, 6.45) is 0.932. The molecule has 1 aliphatic rings. The van der Waals surface area contributed by atoms with E-state index in [9.17, 15) is 4.79 Å². The molecule has 1 fully saturated rings. The third kappa shape index (κ3) is 2.76. The number of amides is 1. The molecule has 3 rings (SSSR count). The standard InChI is InChI=1S/C14H18N6O2/c1-8-12(19-22-18-8)7-15-14-6-11(16-9(2)17-14)13-4-5-20(13)10(3)21/h6,13H,4-5,7H2,1-3H3,(H,15,16,17). The van der Waals surface area contributed by atoms with Gasteiger partial charge in [0.15, 0.2) is 0 Å². The summed E-state index contributed by atoms with van der Waals surface area (Å²) in [7, 11) is 0. The SMILES string of the molecule is CC(=O)N1CCC1c1cc(NCc2nonc2C)nc(C)n1. The van der Waals surface area contributed by atoms with Crippen LogP contribution in [-0.4, -0.2) is 37.6 Å². The Bertz CT molecular complexity index is 698. The molecule has 1 unspecified atom stereocenters. The number of rotatable bonds is 4. The van der Waals surface area contributed by atoms with Gasteiger partial charge in [-0.25, -0.2) is 14.6 Å². The third-order valence-corrected chi connectivity index (χ3v) is 3.81. The number of carbonyl (C=O) groups is 1. The lowest BCUT2D eigenvalue weighted by Gasteiger charge is -2.40. The molecule has 1 aliphatic heterocycles. The van der Waals surface area contributed by atoms with E-state index in [1.807, 2.05) is 24.8 Å². The maximum absolute atomic E-state index is 11.5. The Kier molecular flexibility index (Phi) is 3.74.